The third kappa shape index (κ3) is 0.778. The number of allylic oxidation sites excluding steroid dienone is 2. The van der Waals surface area contributed by atoms with E-state index >= 15 is 0 Å². The first-order chi connectivity index (χ1) is 4.97. The van der Waals surface area contributed by atoms with Crippen molar-refractivity contribution in [2.45, 2.75) is 6.42 Å². The average molecular weight is 133 g/mol. The Morgan fingerprint density at radius 3 is 3.50 bits per heavy atom. The van der Waals surface area contributed by atoms with E-state index in [9.17, 15) is 0 Å². The van der Waals surface area contributed by atoms with Crippen LogP contribution in [0.15, 0.2) is 23.0 Å². The number of fused-ring (bicyclic) bond motifs is 1. The summed E-state index contributed by atoms with van der Waals surface area (Å²) in [5, 5.41) is 0.925. The van der Waals surface area contributed by atoms with Gasteiger partial charge in [0, 0.05) is 0 Å². The van der Waals surface area contributed by atoms with Crippen molar-refractivity contribution in [2.75, 3.05) is 0 Å². The molecule has 0 atom stereocenters. The van der Waals surface area contributed by atoms with E-state index in [1.165, 1.54) is 6.39 Å². The molecule has 1 aliphatic carbocycles. The Morgan fingerprint density at radius 1 is 1.50 bits per heavy atom. The highest BCUT2D eigenvalue weighted by atomic mass is 16.3. The van der Waals surface area contributed by atoms with Crippen LogP contribution in [0, 0.1) is 0 Å². The standard InChI is InChI=1S/C8H7NO/c1-2-4-7-8(5-3-1)10-6-9-7/h1-2,4-6H,3H2. The predicted octanol–water partition coefficient (Wildman–Crippen LogP) is 0.195. The zero-order valence-corrected chi connectivity index (χ0v) is 5.45. The van der Waals surface area contributed by atoms with Gasteiger partial charge in [0.25, 0.3) is 0 Å². The fraction of sp³-hybridized carbons (Fsp3) is 0.125. The number of hydrogen-bond donors (Lipinski definition) is 0. The van der Waals surface area contributed by atoms with Gasteiger partial charge in [0.2, 0.25) is 0 Å². The summed E-state index contributed by atoms with van der Waals surface area (Å²) in [4.78, 5) is 4.01. The van der Waals surface area contributed by atoms with Crippen molar-refractivity contribution < 1.29 is 4.42 Å². The predicted molar refractivity (Wildman–Crippen MR) is 38.4 cm³/mol. The van der Waals surface area contributed by atoms with Gasteiger partial charge in [0.1, 0.15) is 5.35 Å². The van der Waals surface area contributed by atoms with Crippen LogP contribution in [0.2, 0.25) is 0 Å². The van der Waals surface area contributed by atoms with Crippen LogP contribution in [0.5, 0.6) is 0 Å². The highest BCUT2D eigenvalue weighted by Gasteiger charge is 1.89. The maximum Gasteiger partial charge on any atom is 0.181 e. The highest BCUT2D eigenvalue weighted by molar-refractivity contribution is 5.39. The SMILES string of the molecule is C1=CCC=c2ocnc2=C1. The van der Waals surface area contributed by atoms with Gasteiger partial charge in [-0.05, 0) is 18.6 Å². The highest BCUT2D eigenvalue weighted by Crippen LogP contribution is 1.86. The van der Waals surface area contributed by atoms with Gasteiger partial charge in [-0.2, -0.15) is 0 Å². The van der Waals surface area contributed by atoms with E-state index in [2.05, 4.69) is 11.1 Å². The van der Waals surface area contributed by atoms with Crippen molar-refractivity contribution in [1.82, 2.24) is 4.98 Å². The molecular weight excluding hydrogens is 126 g/mol. The molecule has 1 heterocycles. The zero-order valence-electron chi connectivity index (χ0n) is 5.45. The van der Waals surface area contributed by atoms with Crippen LogP contribution in [0.4, 0.5) is 0 Å². The van der Waals surface area contributed by atoms with Crippen LogP contribution in [-0.2, 0) is 0 Å². The fourth-order valence-corrected chi connectivity index (χ4v) is 0.955. The lowest BCUT2D eigenvalue weighted by Crippen LogP contribution is -2.20. The molecule has 0 saturated carbocycles. The molecule has 0 amide bonds. The molecule has 0 aromatic carbocycles. The Morgan fingerprint density at radius 2 is 2.50 bits per heavy atom. The lowest BCUT2D eigenvalue weighted by molar-refractivity contribution is 0.524. The van der Waals surface area contributed by atoms with Crippen molar-refractivity contribution in [3.63, 3.8) is 0 Å². The van der Waals surface area contributed by atoms with Gasteiger partial charge in [-0.15, -0.1) is 0 Å². The Kier molecular flexibility index (Phi) is 1.17. The van der Waals surface area contributed by atoms with Gasteiger partial charge in [-0.3, -0.25) is 0 Å². The van der Waals surface area contributed by atoms with Crippen LogP contribution < -0.4 is 10.8 Å². The number of hydrogen-bond acceptors (Lipinski definition) is 2. The second-order valence-electron chi connectivity index (χ2n) is 2.14. The molecule has 1 aliphatic rings. The van der Waals surface area contributed by atoms with E-state index in [-0.39, 0.29) is 0 Å². The van der Waals surface area contributed by atoms with Crippen molar-refractivity contribution in [3.05, 3.63) is 29.3 Å². The summed E-state index contributed by atoms with van der Waals surface area (Å²) in [7, 11) is 0. The number of nitrogens with zero attached hydrogens (tertiary/aromatic N) is 1. The molecule has 1 aromatic rings. The Balaban J connectivity index is 2.82. The molecule has 10 heavy (non-hydrogen) atoms. The lowest BCUT2D eigenvalue weighted by atomic mass is 10.4. The second kappa shape index (κ2) is 2.14. The molecule has 0 bridgehead atoms. The van der Waals surface area contributed by atoms with Crippen LogP contribution in [-0.4, -0.2) is 4.98 Å². The van der Waals surface area contributed by atoms with Crippen molar-refractivity contribution in [2.24, 2.45) is 0 Å². The zero-order chi connectivity index (χ0) is 6.81. The summed E-state index contributed by atoms with van der Waals surface area (Å²) in [5.41, 5.74) is 0.880. The first-order valence-electron chi connectivity index (χ1n) is 3.23. The molecule has 0 fully saturated rings. The van der Waals surface area contributed by atoms with Gasteiger partial charge in [-0.25, -0.2) is 4.98 Å². The van der Waals surface area contributed by atoms with E-state index in [0.717, 1.165) is 17.2 Å². The molecule has 0 saturated heterocycles. The maximum atomic E-state index is 5.10. The average Bonchev–Trinajstić information content (AvgIpc) is 2.28. The molecule has 2 nitrogen and oxygen atoms in total. The van der Waals surface area contributed by atoms with E-state index in [4.69, 9.17) is 4.42 Å². The molecular formula is C8H7NO. The molecule has 0 unspecified atom stereocenters. The van der Waals surface area contributed by atoms with E-state index in [0.29, 0.717) is 0 Å². The summed E-state index contributed by atoms with van der Waals surface area (Å²) in [5.74, 6) is 0. The van der Waals surface area contributed by atoms with Gasteiger partial charge in [-0.1, -0.05) is 12.2 Å². The Bertz CT molecular complexity index is 359. The molecule has 0 N–H and O–H groups in total. The monoisotopic (exact) mass is 133 g/mol. The molecule has 50 valence electrons. The number of aromatic nitrogens is 1. The maximum absolute atomic E-state index is 5.10. The Labute approximate surface area is 58.2 Å². The van der Waals surface area contributed by atoms with Crippen molar-refractivity contribution in [3.8, 4) is 0 Å². The molecule has 0 aliphatic heterocycles. The largest absolute Gasteiger partial charge is 0.444 e. The number of oxazole rings is 1. The Hall–Kier alpha value is -1.31. The van der Waals surface area contributed by atoms with Crippen LogP contribution in [0.1, 0.15) is 6.42 Å². The van der Waals surface area contributed by atoms with E-state index in [1.807, 2.05) is 18.2 Å². The van der Waals surface area contributed by atoms with Crippen LogP contribution >= 0.6 is 0 Å². The number of rotatable bonds is 0. The van der Waals surface area contributed by atoms with Gasteiger partial charge in [0.15, 0.2) is 11.8 Å². The minimum absolute atomic E-state index is 0.880. The molecule has 0 radical (unpaired) electrons. The lowest BCUT2D eigenvalue weighted by Gasteiger charge is -1.72. The topological polar surface area (TPSA) is 26.0 Å². The minimum Gasteiger partial charge on any atom is -0.444 e. The summed E-state index contributed by atoms with van der Waals surface area (Å²) in [6.45, 7) is 0. The van der Waals surface area contributed by atoms with Crippen molar-refractivity contribution >= 4 is 12.2 Å². The summed E-state index contributed by atoms with van der Waals surface area (Å²) < 4.78 is 5.10. The minimum atomic E-state index is 0.880. The van der Waals surface area contributed by atoms with Crippen LogP contribution in [0.25, 0.3) is 12.2 Å². The first-order valence-corrected chi connectivity index (χ1v) is 3.23. The normalized spacial score (nSPS) is 14.8. The third-order valence-electron chi connectivity index (χ3n) is 1.45. The first kappa shape index (κ1) is 5.47. The van der Waals surface area contributed by atoms with E-state index < -0.39 is 0 Å². The molecule has 2 heteroatoms. The summed E-state index contributed by atoms with van der Waals surface area (Å²) in [6.07, 6.45) is 10.4. The quantitative estimate of drug-likeness (QED) is 0.505. The van der Waals surface area contributed by atoms with E-state index in [1.54, 1.807) is 0 Å². The second-order valence-corrected chi connectivity index (χ2v) is 2.14. The van der Waals surface area contributed by atoms with Gasteiger partial charge >= 0.3 is 0 Å². The van der Waals surface area contributed by atoms with Crippen molar-refractivity contribution in [1.29, 1.82) is 0 Å². The summed E-state index contributed by atoms with van der Waals surface area (Å²) >= 11 is 0. The molecule has 0 spiro atoms. The smallest absolute Gasteiger partial charge is 0.181 e. The molecule has 2 rings (SSSR count). The third-order valence-corrected chi connectivity index (χ3v) is 1.45. The van der Waals surface area contributed by atoms with Gasteiger partial charge in [0.05, 0.1) is 0 Å². The summed E-state index contributed by atoms with van der Waals surface area (Å²) in [6, 6.07) is 0. The van der Waals surface area contributed by atoms with Gasteiger partial charge < -0.3 is 4.42 Å². The van der Waals surface area contributed by atoms with Crippen LogP contribution in [0.3, 0.4) is 0 Å². The fourth-order valence-electron chi connectivity index (χ4n) is 0.955. The molecule has 1 aromatic heterocycles.